The number of amides is 2. The molecule has 1 fully saturated rings. The van der Waals surface area contributed by atoms with Gasteiger partial charge in [0.15, 0.2) is 5.65 Å². The number of nitrogens with one attached hydrogen (secondary N) is 2. The van der Waals surface area contributed by atoms with E-state index in [0.717, 1.165) is 4.90 Å². The second kappa shape index (κ2) is 7.47. The van der Waals surface area contributed by atoms with Crippen molar-refractivity contribution in [2.75, 3.05) is 13.1 Å². The molecular weight excluding hydrogens is 396 g/mol. The number of fused-ring (bicyclic) bond motifs is 1. The average molecular weight is 411 g/mol. The predicted octanol–water partition coefficient (Wildman–Crippen LogP) is 1.51. The number of H-pyrrole nitrogens is 1. The number of carbonyl (C=O) groups excluding carboxylic acids is 2. The molecule has 9 nitrogen and oxygen atoms in total. The third-order valence-electron chi connectivity index (χ3n) is 4.85. The number of alkyl halides is 2. The lowest BCUT2D eigenvalue weighted by atomic mass is 10.0. The molecule has 4 heterocycles. The van der Waals surface area contributed by atoms with Crippen LogP contribution >= 0.6 is 0 Å². The molecule has 152 valence electrons. The summed E-state index contributed by atoms with van der Waals surface area (Å²) in [6.45, 7) is -1.34. The van der Waals surface area contributed by atoms with Gasteiger partial charge in [-0.1, -0.05) is 0 Å². The molecule has 1 atom stereocenters. The fourth-order valence-corrected chi connectivity index (χ4v) is 3.44. The minimum Gasteiger partial charge on any atom is -0.343 e. The SMILES string of the molecule is N#C[C@@H]1CC(F)(F)CN1C(=O)CNC(=O)c1ccncc1-c1ccnc2[nH]ncc12. The molecule has 0 aromatic carbocycles. The molecule has 2 N–H and O–H groups in total. The fraction of sp³-hybridized carbons (Fsp3) is 0.263. The van der Waals surface area contributed by atoms with E-state index in [4.69, 9.17) is 5.26 Å². The summed E-state index contributed by atoms with van der Waals surface area (Å²) in [5.41, 5.74) is 1.95. The lowest BCUT2D eigenvalue weighted by molar-refractivity contribution is -0.131. The lowest BCUT2D eigenvalue weighted by Gasteiger charge is -2.19. The molecule has 0 bridgehead atoms. The summed E-state index contributed by atoms with van der Waals surface area (Å²) in [5, 5.41) is 18.8. The van der Waals surface area contributed by atoms with Gasteiger partial charge in [0.25, 0.3) is 11.8 Å². The maximum Gasteiger partial charge on any atom is 0.268 e. The van der Waals surface area contributed by atoms with Crippen molar-refractivity contribution in [3.05, 3.63) is 42.5 Å². The first-order valence-electron chi connectivity index (χ1n) is 8.97. The van der Waals surface area contributed by atoms with Crippen LogP contribution in [0, 0.1) is 11.3 Å². The molecule has 3 aromatic heterocycles. The Hall–Kier alpha value is -3.94. The quantitative estimate of drug-likeness (QED) is 0.670. The Kier molecular flexibility index (Phi) is 4.83. The molecule has 0 saturated carbocycles. The average Bonchev–Trinajstić information content (AvgIpc) is 3.35. The predicted molar refractivity (Wildman–Crippen MR) is 100 cm³/mol. The molecule has 0 radical (unpaired) electrons. The number of nitriles is 1. The monoisotopic (exact) mass is 411 g/mol. The zero-order valence-corrected chi connectivity index (χ0v) is 15.5. The van der Waals surface area contributed by atoms with Gasteiger partial charge in [0.05, 0.1) is 30.9 Å². The van der Waals surface area contributed by atoms with Gasteiger partial charge in [-0.15, -0.1) is 0 Å². The molecule has 4 rings (SSSR count). The van der Waals surface area contributed by atoms with E-state index in [1.165, 1.54) is 18.5 Å². The highest BCUT2D eigenvalue weighted by Gasteiger charge is 2.47. The third-order valence-corrected chi connectivity index (χ3v) is 4.85. The second-order valence-electron chi connectivity index (χ2n) is 6.82. The minimum absolute atomic E-state index is 0.245. The van der Waals surface area contributed by atoms with Crippen LogP contribution in [0.3, 0.4) is 0 Å². The second-order valence-corrected chi connectivity index (χ2v) is 6.82. The van der Waals surface area contributed by atoms with E-state index in [9.17, 15) is 18.4 Å². The molecule has 0 spiro atoms. The van der Waals surface area contributed by atoms with Crippen molar-refractivity contribution in [2.24, 2.45) is 0 Å². The fourth-order valence-electron chi connectivity index (χ4n) is 3.44. The van der Waals surface area contributed by atoms with Gasteiger partial charge >= 0.3 is 0 Å². The highest BCUT2D eigenvalue weighted by molar-refractivity contribution is 6.05. The minimum atomic E-state index is -3.12. The van der Waals surface area contributed by atoms with Crippen LogP contribution in [-0.4, -0.2) is 61.9 Å². The highest BCUT2D eigenvalue weighted by atomic mass is 19.3. The third kappa shape index (κ3) is 3.55. The number of hydrogen-bond donors (Lipinski definition) is 2. The number of nitrogens with zero attached hydrogens (tertiary/aromatic N) is 5. The van der Waals surface area contributed by atoms with Crippen LogP contribution in [0.4, 0.5) is 8.78 Å². The number of aromatic nitrogens is 4. The van der Waals surface area contributed by atoms with Crippen molar-refractivity contribution >= 4 is 22.8 Å². The summed E-state index contributed by atoms with van der Waals surface area (Å²) in [6.07, 6.45) is 5.36. The molecule has 0 aliphatic carbocycles. The van der Waals surface area contributed by atoms with Crippen LogP contribution in [0.2, 0.25) is 0 Å². The Morgan fingerprint density at radius 2 is 2.13 bits per heavy atom. The summed E-state index contributed by atoms with van der Waals surface area (Å²) in [7, 11) is 0. The maximum absolute atomic E-state index is 13.5. The first-order chi connectivity index (χ1) is 14.4. The van der Waals surface area contributed by atoms with Crippen LogP contribution in [0.1, 0.15) is 16.8 Å². The molecule has 1 aliphatic heterocycles. The molecule has 2 amide bonds. The molecule has 1 aliphatic rings. The van der Waals surface area contributed by atoms with Gasteiger partial charge in [-0.2, -0.15) is 10.4 Å². The Balaban J connectivity index is 1.54. The Morgan fingerprint density at radius 3 is 2.93 bits per heavy atom. The zero-order valence-electron chi connectivity index (χ0n) is 15.5. The molecule has 30 heavy (non-hydrogen) atoms. The molecule has 0 unspecified atom stereocenters. The Bertz CT molecular complexity index is 1170. The van der Waals surface area contributed by atoms with Gasteiger partial charge < -0.3 is 10.2 Å². The Labute approximate surface area is 168 Å². The summed E-state index contributed by atoms with van der Waals surface area (Å²) >= 11 is 0. The summed E-state index contributed by atoms with van der Waals surface area (Å²) in [5.74, 6) is -4.44. The summed E-state index contributed by atoms with van der Waals surface area (Å²) < 4.78 is 27.1. The summed E-state index contributed by atoms with van der Waals surface area (Å²) in [4.78, 5) is 34.1. The lowest BCUT2D eigenvalue weighted by Crippen LogP contribution is -2.43. The van der Waals surface area contributed by atoms with E-state index >= 15 is 0 Å². The van der Waals surface area contributed by atoms with Gasteiger partial charge in [0, 0.05) is 36.0 Å². The van der Waals surface area contributed by atoms with Crippen molar-refractivity contribution in [1.29, 1.82) is 5.26 Å². The standard InChI is InChI=1S/C19H15F2N7O2/c20-19(21)5-11(6-22)28(10-19)16(29)9-25-18(30)13-1-3-23-7-14(13)12-2-4-24-17-15(12)8-26-27-17/h1-4,7-8,11H,5,9-10H2,(H,25,30)(H,24,26,27)/t11-/m0/s1. The number of hydrogen-bond acceptors (Lipinski definition) is 6. The van der Waals surface area contributed by atoms with E-state index in [-0.39, 0.29) is 5.56 Å². The van der Waals surface area contributed by atoms with Gasteiger partial charge in [-0.25, -0.2) is 13.8 Å². The van der Waals surface area contributed by atoms with E-state index in [1.54, 1.807) is 24.5 Å². The van der Waals surface area contributed by atoms with Crippen molar-refractivity contribution in [3.63, 3.8) is 0 Å². The van der Waals surface area contributed by atoms with Gasteiger partial charge in [0.1, 0.15) is 6.04 Å². The van der Waals surface area contributed by atoms with E-state index in [0.29, 0.717) is 22.2 Å². The first-order valence-corrected chi connectivity index (χ1v) is 8.97. The van der Waals surface area contributed by atoms with Crippen molar-refractivity contribution in [3.8, 4) is 17.2 Å². The number of rotatable bonds is 4. The van der Waals surface area contributed by atoms with Crippen LogP contribution in [-0.2, 0) is 4.79 Å². The van der Waals surface area contributed by atoms with Gasteiger partial charge in [-0.3, -0.25) is 19.7 Å². The van der Waals surface area contributed by atoms with Gasteiger partial charge in [0.2, 0.25) is 5.91 Å². The van der Waals surface area contributed by atoms with Crippen LogP contribution < -0.4 is 5.32 Å². The number of carbonyl (C=O) groups is 2. The largest absolute Gasteiger partial charge is 0.343 e. The van der Waals surface area contributed by atoms with Crippen LogP contribution in [0.5, 0.6) is 0 Å². The molecule has 1 saturated heterocycles. The molecule has 3 aromatic rings. The topological polar surface area (TPSA) is 128 Å². The number of aromatic amines is 1. The van der Waals surface area contributed by atoms with E-state index < -0.39 is 43.3 Å². The van der Waals surface area contributed by atoms with E-state index in [2.05, 4.69) is 25.5 Å². The molecular formula is C19H15F2N7O2. The highest BCUT2D eigenvalue weighted by Crippen LogP contribution is 2.32. The van der Waals surface area contributed by atoms with Crippen molar-refractivity contribution in [1.82, 2.24) is 30.4 Å². The van der Waals surface area contributed by atoms with Gasteiger partial charge in [-0.05, 0) is 17.7 Å². The van der Waals surface area contributed by atoms with Crippen LogP contribution in [0.15, 0.2) is 36.9 Å². The number of pyridine rings is 2. The van der Waals surface area contributed by atoms with Crippen LogP contribution in [0.25, 0.3) is 22.2 Å². The first kappa shape index (κ1) is 19.4. The normalized spacial score (nSPS) is 17.6. The number of likely N-dealkylation sites (tertiary alicyclic amines) is 1. The Morgan fingerprint density at radius 1 is 1.30 bits per heavy atom. The summed E-state index contributed by atoms with van der Waals surface area (Å²) in [6, 6.07) is 3.69. The van der Waals surface area contributed by atoms with Crippen molar-refractivity contribution < 1.29 is 18.4 Å². The van der Waals surface area contributed by atoms with E-state index in [1.807, 2.05) is 0 Å². The van der Waals surface area contributed by atoms with Crippen molar-refractivity contribution in [2.45, 2.75) is 18.4 Å². The zero-order chi connectivity index (χ0) is 21.3. The number of halogens is 2. The molecule has 11 heteroatoms. The maximum atomic E-state index is 13.5. The smallest absolute Gasteiger partial charge is 0.268 e.